The fourth-order valence-corrected chi connectivity index (χ4v) is 4.04. The van der Waals surface area contributed by atoms with Gasteiger partial charge in [-0.05, 0) is 30.9 Å². The van der Waals surface area contributed by atoms with Gasteiger partial charge in [0, 0.05) is 36.2 Å². The van der Waals surface area contributed by atoms with Gasteiger partial charge in [0.15, 0.2) is 0 Å². The van der Waals surface area contributed by atoms with Gasteiger partial charge in [-0.2, -0.15) is 0 Å². The molecule has 0 spiro atoms. The minimum absolute atomic E-state index is 0.0937. The standard InChI is InChI=1S/C27H31FN4O/c1-27(2,3)26(33)30-17-19-12-14-32(15-13-19)23-18-29-24(21-10-7-11-22(28)16-21)25(31-23)20-8-5-4-6-9-20/h4-11,16,18-19H,12-15,17H2,1-3H3,(H,30,33). The van der Waals surface area contributed by atoms with E-state index in [1.165, 1.54) is 12.1 Å². The van der Waals surface area contributed by atoms with Crippen molar-refractivity contribution in [1.29, 1.82) is 0 Å². The van der Waals surface area contributed by atoms with Crippen LogP contribution in [0.1, 0.15) is 33.6 Å². The van der Waals surface area contributed by atoms with Gasteiger partial charge in [0.1, 0.15) is 11.6 Å². The molecule has 172 valence electrons. The van der Waals surface area contributed by atoms with Crippen molar-refractivity contribution in [3.05, 3.63) is 66.6 Å². The first-order valence-corrected chi connectivity index (χ1v) is 11.5. The van der Waals surface area contributed by atoms with E-state index in [9.17, 15) is 9.18 Å². The molecule has 1 fully saturated rings. The Bertz CT molecular complexity index is 1100. The van der Waals surface area contributed by atoms with Gasteiger partial charge in [0.2, 0.25) is 5.91 Å². The average molecular weight is 447 g/mol. The predicted octanol–water partition coefficient (Wildman–Crippen LogP) is 5.33. The van der Waals surface area contributed by atoms with Gasteiger partial charge in [0.25, 0.3) is 0 Å². The monoisotopic (exact) mass is 446 g/mol. The van der Waals surface area contributed by atoms with E-state index in [0.29, 0.717) is 23.7 Å². The molecule has 3 aromatic rings. The summed E-state index contributed by atoms with van der Waals surface area (Å²) < 4.78 is 13.9. The normalized spacial score (nSPS) is 14.8. The Morgan fingerprint density at radius 2 is 1.73 bits per heavy atom. The van der Waals surface area contributed by atoms with Crippen LogP contribution in [0.25, 0.3) is 22.5 Å². The Kier molecular flexibility index (Phi) is 6.72. The molecular weight excluding hydrogens is 415 g/mol. The Balaban J connectivity index is 1.52. The van der Waals surface area contributed by atoms with E-state index in [-0.39, 0.29) is 17.1 Å². The van der Waals surface area contributed by atoms with Gasteiger partial charge in [-0.15, -0.1) is 0 Å². The molecule has 0 radical (unpaired) electrons. The number of carbonyl (C=O) groups is 1. The molecule has 1 aliphatic rings. The van der Waals surface area contributed by atoms with Gasteiger partial charge in [0.05, 0.1) is 17.6 Å². The lowest BCUT2D eigenvalue weighted by molar-refractivity contribution is -0.128. The first kappa shape index (κ1) is 22.9. The number of piperidine rings is 1. The van der Waals surface area contributed by atoms with Crippen molar-refractivity contribution < 1.29 is 9.18 Å². The van der Waals surface area contributed by atoms with Crippen molar-refractivity contribution >= 4 is 11.7 Å². The van der Waals surface area contributed by atoms with Gasteiger partial charge < -0.3 is 10.2 Å². The molecule has 0 unspecified atom stereocenters. The summed E-state index contributed by atoms with van der Waals surface area (Å²) in [4.78, 5) is 24.1. The second-order valence-corrected chi connectivity index (χ2v) is 9.69. The summed E-state index contributed by atoms with van der Waals surface area (Å²) in [5.74, 6) is 1.08. The Morgan fingerprint density at radius 1 is 1.03 bits per heavy atom. The largest absolute Gasteiger partial charge is 0.355 e. The number of amides is 1. The minimum Gasteiger partial charge on any atom is -0.355 e. The molecule has 0 bridgehead atoms. The maximum Gasteiger partial charge on any atom is 0.225 e. The zero-order chi connectivity index (χ0) is 23.4. The SMILES string of the molecule is CC(C)(C)C(=O)NCC1CCN(c2cnc(-c3cccc(F)c3)c(-c3ccccc3)n2)CC1. The number of anilines is 1. The Labute approximate surface area is 195 Å². The molecule has 6 heteroatoms. The summed E-state index contributed by atoms with van der Waals surface area (Å²) in [7, 11) is 0. The van der Waals surface area contributed by atoms with Crippen LogP contribution in [0.5, 0.6) is 0 Å². The van der Waals surface area contributed by atoms with Crippen LogP contribution in [0.4, 0.5) is 10.2 Å². The van der Waals surface area contributed by atoms with Crippen LogP contribution in [0.2, 0.25) is 0 Å². The summed E-state index contributed by atoms with van der Waals surface area (Å²) in [6.07, 6.45) is 3.76. The minimum atomic E-state index is -0.368. The van der Waals surface area contributed by atoms with Crippen molar-refractivity contribution in [3.8, 4) is 22.5 Å². The molecule has 2 heterocycles. The predicted molar refractivity (Wildman–Crippen MR) is 130 cm³/mol. The van der Waals surface area contributed by atoms with Crippen molar-refractivity contribution in [2.75, 3.05) is 24.5 Å². The lowest BCUT2D eigenvalue weighted by Gasteiger charge is -2.33. The molecule has 0 aliphatic carbocycles. The van der Waals surface area contributed by atoms with E-state index in [1.54, 1.807) is 12.3 Å². The first-order valence-electron chi connectivity index (χ1n) is 11.5. The Morgan fingerprint density at radius 3 is 2.39 bits per heavy atom. The van der Waals surface area contributed by atoms with Crippen LogP contribution in [-0.4, -0.2) is 35.5 Å². The lowest BCUT2D eigenvalue weighted by Crippen LogP contribution is -2.42. The highest BCUT2D eigenvalue weighted by molar-refractivity contribution is 5.81. The maximum absolute atomic E-state index is 13.9. The summed E-state index contributed by atoms with van der Waals surface area (Å²) in [6, 6.07) is 16.4. The molecule has 1 aromatic heterocycles. The third-order valence-corrected chi connectivity index (χ3v) is 6.08. The Hall–Kier alpha value is -3.28. The number of halogens is 1. The fourth-order valence-electron chi connectivity index (χ4n) is 4.04. The number of carbonyl (C=O) groups excluding carboxylic acids is 1. The molecule has 0 atom stereocenters. The number of hydrogen-bond acceptors (Lipinski definition) is 4. The number of hydrogen-bond donors (Lipinski definition) is 1. The highest BCUT2D eigenvalue weighted by Gasteiger charge is 2.25. The summed E-state index contributed by atoms with van der Waals surface area (Å²) in [6.45, 7) is 8.23. The maximum atomic E-state index is 13.9. The van der Waals surface area contributed by atoms with Gasteiger partial charge in [-0.25, -0.2) is 9.37 Å². The molecule has 2 aromatic carbocycles. The first-order chi connectivity index (χ1) is 15.8. The van der Waals surface area contributed by atoms with Crippen molar-refractivity contribution in [1.82, 2.24) is 15.3 Å². The van der Waals surface area contributed by atoms with Gasteiger partial charge in [-0.1, -0.05) is 63.2 Å². The van der Waals surface area contributed by atoms with Crippen molar-refractivity contribution in [2.45, 2.75) is 33.6 Å². The highest BCUT2D eigenvalue weighted by Crippen LogP contribution is 2.32. The van der Waals surface area contributed by atoms with Crippen LogP contribution in [0.15, 0.2) is 60.8 Å². The molecule has 1 amide bonds. The molecule has 5 nitrogen and oxygen atoms in total. The topological polar surface area (TPSA) is 58.1 Å². The highest BCUT2D eigenvalue weighted by atomic mass is 19.1. The van der Waals surface area contributed by atoms with Crippen molar-refractivity contribution in [3.63, 3.8) is 0 Å². The average Bonchev–Trinajstić information content (AvgIpc) is 2.82. The third kappa shape index (κ3) is 5.56. The molecule has 0 saturated carbocycles. The van der Waals surface area contributed by atoms with Crippen LogP contribution in [0, 0.1) is 17.2 Å². The van der Waals surface area contributed by atoms with Gasteiger partial charge in [-0.3, -0.25) is 9.78 Å². The number of aromatic nitrogens is 2. The number of nitrogens with one attached hydrogen (secondary N) is 1. The molecular formula is C27H31FN4O. The van der Waals surface area contributed by atoms with Crippen LogP contribution >= 0.6 is 0 Å². The molecule has 4 rings (SSSR count). The summed E-state index contributed by atoms with van der Waals surface area (Å²) in [5.41, 5.74) is 2.71. The quantitative estimate of drug-likeness (QED) is 0.576. The second kappa shape index (κ2) is 9.69. The van der Waals surface area contributed by atoms with E-state index in [1.807, 2.05) is 57.2 Å². The summed E-state index contributed by atoms with van der Waals surface area (Å²) >= 11 is 0. The number of benzene rings is 2. The van der Waals surface area contributed by atoms with E-state index in [2.05, 4.69) is 10.2 Å². The molecule has 1 N–H and O–H groups in total. The zero-order valence-corrected chi connectivity index (χ0v) is 19.5. The lowest BCUT2D eigenvalue weighted by atomic mass is 9.93. The molecule has 1 aliphatic heterocycles. The molecule has 1 saturated heterocycles. The van der Waals surface area contributed by atoms with Crippen LogP contribution < -0.4 is 10.2 Å². The van der Waals surface area contributed by atoms with Crippen LogP contribution in [0.3, 0.4) is 0 Å². The summed E-state index contributed by atoms with van der Waals surface area (Å²) in [5, 5.41) is 3.09. The smallest absolute Gasteiger partial charge is 0.225 e. The number of nitrogens with zero attached hydrogens (tertiary/aromatic N) is 3. The molecule has 33 heavy (non-hydrogen) atoms. The van der Waals surface area contributed by atoms with E-state index in [4.69, 9.17) is 9.97 Å². The number of rotatable bonds is 5. The van der Waals surface area contributed by atoms with Gasteiger partial charge >= 0.3 is 0 Å². The fraction of sp³-hybridized carbons (Fsp3) is 0.370. The second-order valence-electron chi connectivity index (χ2n) is 9.69. The van der Waals surface area contributed by atoms with E-state index >= 15 is 0 Å². The van der Waals surface area contributed by atoms with E-state index < -0.39 is 0 Å². The van der Waals surface area contributed by atoms with E-state index in [0.717, 1.165) is 43.0 Å². The van der Waals surface area contributed by atoms with Crippen molar-refractivity contribution in [2.24, 2.45) is 11.3 Å². The van der Waals surface area contributed by atoms with Crippen LogP contribution in [-0.2, 0) is 4.79 Å². The third-order valence-electron chi connectivity index (χ3n) is 6.08. The zero-order valence-electron chi connectivity index (χ0n) is 19.5.